The topological polar surface area (TPSA) is 55.8 Å². The Morgan fingerprint density at radius 1 is 1.27 bits per heavy atom. The molecule has 1 aromatic rings. The third-order valence-corrected chi connectivity index (χ3v) is 5.17. The number of carbonyl (C=O) groups excluding carboxylic acids is 2. The molecule has 1 aliphatic heterocycles. The van der Waals surface area contributed by atoms with Gasteiger partial charge >= 0.3 is 5.97 Å². The highest BCUT2D eigenvalue weighted by Crippen LogP contribution is 2.25. The molecule has 1 aliphatic rings. The molecule has 5 nitrogen and oxygen atoms in total. The zero-order valence-electron chi connectivity index (χ0n) is 15.7. The summed E-state index contributed by atoms with van der Waals surface area (Å²) in [5, 5.41) is 0. The van der Waals surface area contributed by atoms with Crippen LogP contribution >= 0.6 is 15.9 Å². The van der Waals surface area contributed by atoms with Gasteiger partial charge in [0.15, 0.2) is 6.10 Å². The summed E-state index contributed by atoms with van der Waals surface area (Å²) < 4.78 is 11.5. The Kier molecular flexibility index (Phi) is 7.26. The van der Waals surface area contributed by atoms with Gasteiger partial charge < -0.3 is 14.4 Å². The Morgan fingerprint density at radius 2 is 1.92 bits per heavy atom. The molecule has 0 aromatic heterocycles. The Hall–Kier alpha value is -1.82. The predicted octanol–water partition coefficient (Wildman–Crippen LogP) is 4.19. The third kappa shape index (κ3) is 5.10. The summed E-state index contributed by atoms with van der Waals surface area (Å²) in [6, 6.07) is 5.85. The van der Waals surface area contributed by atoms with E-state index in [0.717, 1.165) is 29.3 Å². The highest BCUT2D eigenvalue weighted by molar-refractivity contribution is 9.10. The Bertz CT molecular complexity index is 678. The quantitative estimate of drug-likeness (QED) is 0.526. The fourth-order valence-corrected chi connectivity index (χ4v) is 3.70. The molecule has 1 aromatic carbocycles. The first-order valence-corrected chi connectivity index (χ1v) is 9.67. The molecule has 0 spiro atoms. The van der Waals surface area contributed by atoms with Crippen LogP contribution in [-0.2, 0) is 14.3 Å². The van der Waals surface area contributed by atoms with Crippen molar-refractivity contribution in [1.82, 2.24) is 4.90 Å². The number of piperidine rings is 1. The molecule has 26 heavy (non-hydrogen) atoms. The Morgan fingerprint density at radius 3 is 2.54 bits per heavy atom. The smallest absolute Gasteiger partial charge is 0.331 e. The van der Waals surface area contributed by atoms with Crippen molar-refractivity contribution < 1.29 is 19.1 Å². The van der Waals surface area contributed by atoms with Gasteiger partial charge in [0.25, 0.3) is 5.91 Å². The minimum Gasteiger partial charge on any atom is -0.496 e. The third-order valence-electron chi connectivity index (χ3n) is 4.68. The van der Waals surface area contributed by atoms with Crippen molar-refractivity contribution in [2.75, 3.05) is 7.11 Å². The Balaban J connectivity index is 2.00. The van der Waals surface area contributed by atoms with Gasteiger partial charge in [-0.05, 0) is 64.3 Å². The van der Waals surface area contributed by atoms with Gasteiger partial charge in [-0.2, -0.15) is 0 Å². The minimum atomic E-state index is -0.806. The lowest BCUT2D eigenvalue weighted by molar-refractivity contribution is -0.158. The number of ether oxygens (including phenoxy) is 2. The van der Waals surface area contributed by atoms with Crippen LogP contribution in [0.15, 0.2) is 28.7 Å². The number of hydrogen-bond donors (Lipinski definition) is 0. The monoisotopic (exact) mass is 423 g/mol. The molecule has 0 aliphatic carbocycles. The number of benzene rings is 1. The standard InChI is InChI=1S/C20H26BrNO4/c1-13-6-5-7-14(2)22(13)20(24)15(3)26-19(23)11-8-16-12-17(21)9-10-18(16)25-4/h8-15H,5-7H2,1-4H3/b11-8+/t13-,14-,15-/m1/s1. The maximum absolute atomic E-state index is 12.7. The summed E-state index contributed by atoms with van der Waals surface area (Å²) in [6.45, 7) is 5.71. The van der Waals surface area contributed by atoms with Gasteiger partial charge in [-0.15, -0.1) is 0 Å². The zero-order valence-corrected chi connectivity index (χ0v) is 17.3. The van der Waals surface area contributed by atoms with Gasteiger partial charge in [0.1, 0.15) is 5.75 Å². The molecule has 1 heterocycles. The molecule has 0 bridgehead atoms. The Labute approximate surface area is 163 Å². The average molecular weight is 424 g/mol. The van der Waals surface area contributed by atoms with Crippen molar-refractivity contribution in [3.8, 4) is 5.75 Å². The van der Waals surface area contributed by atoms with Crippen LogP contribution in [0.3, 0.4) is 0 Å². The highest BCUT2D eigenvalue weighted by atomic mass is 79.9. The molecule has 0 N–H and O–H groups in total. The molecular formula is C20H26BrNO4. The average Bonchev–Trinajstić information content (AvgIpc) is 2.59. The van der Waals surface area contributed by atoms with Crippen molar-refractivity contribution in [2.24, 2.45) is 0 Å². The van der Waals surface area contributed by atoms with Gasteiger partial charge in [-0.25, -0.2) is 4.79 Å². The molecule has 3 atom stereocenters. The summed E-state index contributed by atoms with van der Waals surface area (Å²) in [6.07, 6.45) is 5.22. The number of nitrogens with zero attached hydrogens (tertiary/aromatic N) is 1. The second kappa shape index (κ2) is 9.21. The van der Waals surface area contributed by atoms with E-state index in [2.05, 4.69) is 15.9 Å². The molecule has 2 rings (SSSR count). The number of hydrogen-bond acceptors (Lipinski definition) is 4. The summed E-state index contributed by atoms with van der Waals surface area (Å²) in [7, 11) is 1.57. The largest absolute Gasteiger partial charge is 0.496 e. The first-order chi connectivity index (χ1) is 12.3. The van der Waals surface area contributed by atoms with Crippen LogP contribution in [0.2, 0.25) is 0 Å². The van der Waals surface area contributed by atoms with Crippen LogP contribution in [0.1, 0.15) is 45.6 Å². The van der Waals surface area contributed by atoms with Crippen LogP contribution in [0, 0.1) is 0 Å². The second-order valence-electron chi connectivity index (χ2n) is 6.67. The normalized spacial score (nSPS) is 21.5. The SMILES string of the molecule is COc1ccc(Br)cc1/C=C/C(=O)O[C@H](C)C(=O)N1[C@H](C)CCC[C@H]1C. The predicted molar refractivity (Wildman–Crippen MR) is 105 cm³/mol. The number of likely N-dealkylation sites (tertiary alicyclic amines) is 1. The number of amides is 1. The number of rotatable bonds is 5. The first-order valence-electron chi connectivity index (χ1n) is 8.88. The van der Waals surface area contributed by atoms with Gasteiger partial charge in [0.2, 0.25) is 0 Å². The van der Waals surface area contributed by atoms with E-state index < -0.39 is 12.1 Å². The van der Waals surface area contributed by atoms with E-state index in [1.165, 1.54) is 6.08 Å². The van der Waals surface area contributed by atoms with Crippen molar-refractivity contribution in [3.63, 3.8) is 0 Å². The molecule has 0 saturated carbocycles. The van der Waals surface area contributed by atoms with Crippen molar-refractivity contribution >= 4 is 33.9 Å². The van der Waals surface area contributed by atoms with E-state index in [1.54, 1.807) is 26.2 Å². The molecular weight excluding hydrogens is 398 g/mol. The van der Waals surface area contributed by atoms with E-state index >= 15 is 0 Å². The van der Waals surface area contributed by atoms with E-state index in [0.29, 0.717) is 5.75 Å². The lowest BCUT2D eigenvalue weighted by Crippen LogP contribution is -2.51. The molecule has 6 heteroatoms. The summed E-state index contributed by atoms with van der Waals surface area (Å²) in [5.74, 6) is -0.0333. The van der Waals surface area contributed by atoms with E-state index in [-0.39, 0.29) is 18.0 Å². The summed E-state index contributed by atoms with van der Waals surface area (Å²) >= 11 is 3.39. The number of carbonyl (C=O) groups is 2. The van der Waals surface area contributed by atoms with E-state index in [9.17, 15) is 9.59 Å². The molecule has 142 valence electrons. The second-order valence-corrected chi connectivity index (χ2v) is 7.59. The molecule has 1 saturated heterocycles. The lowest BCUT2D eigenvalue weighted by atomic mass is 9.97. The van der Waals surface area contributed by atoms with Crippen LogP contribution in [-0.4, -0.2) is 42.1 Å². The lowest BCUT2D eigenvalue weighted by Gasteiger charge is -2.40. The molecule has 0 unspecified atom stereocenters. The van der Waals surface area contributed by atoms with Crippen LogP contribution in [0.25, 0.3) is 6.08 Å². The van der Waals surface area contributed by atoms with Crippen molar-refractivity contribution in [3.05, 3.63) is 34.3 Å². The van der Waals surface area contributed by atoms with E-state index in [1.807, 2.05) is 30.9 Å². The zero-order chi connectivity index (χ0) is 19.3. The number of methoxy groups -OCH3 is 1. The maximum Gasteiger partial charge on any atom is 0.331 e. The van der Waals surface area contributed by atoms with Gasteiger partial charge in [0, 0.05) is 28.2 Å². The minimum absolute atomic E-state index is 0.133. The number of halogens is 1. The van der Waals surface area contributed by atoms with Crippen molar-refractivity contribution in [2.45, 2.75) is 58.2 Å². The maximum atomic E-state index is 12.7. The van der Waals surface area contributed by atoms with Crippen LogP contribution in [0.5, 0.6) is 5.75 Å². The molecule has 0 radical (unpaired) electrons. The molecule has 1 fully saturated rings. The summed E-state index contributed by atoms with van der Waals surface area (Å²) in [4.78, 5) is 26.7. The van der Waals surface area contributed by atoms with Crippen LogP contribution in [0.4, 0.5) is 0 Å². The fourth-order valence-electron chi connectivity index (χ4n) is 3.32. The van der Waals surface area contributed by atoms with E-state index in [4.69, 9.17) is 9.47 Å². The summed E-state index contributed by atoms with van der Waals surface area (Å²) in [5.41, 5.74) is 0.746. The van der Waals surface area contributed by atoms with Gasteiger partial charge in [0.05, 0.1) is 7.11 Å². The molecule has 1 amide bonds. The fraction of sp³-hybridized carbons (Fsp3) is 0.500. The van der Waals surface area contributed by atoms with Gasteiger partial charge in [-0.1, -0.05) is 15.9 Å². The van der Waals surface area contributed by atoms with Crippen molar-refractivity contribution in [1.29, 1.82) is 0 Å². The van der Waals surface area contributed by atoms with Gasteiger partial charge in [-0.3, -0.25) is 4.79 Å². The number of esters is 1. The highest BCUT2D eigenvalue weighted by Gasteiger charge is 2.32. The first kappa shape index (κ1) is 20.5. The van der Waals surface area contributed by atoms with Crippen LogP contribution < -0.4 is 4.74 Å².